The van der Waals surface area contributed by atoms with E-state index in [4.69, 9.17) is 22.4 Å². The number of rotatable bonds is 4. The molecule has 0 aliphatic heterocycles. The highest BCUT2D eigenvalue weighted by Gasteiger charge is 2.12. The fraction of sp³-hybridized carbons (Fsp3) is 0.0769. The molecule has 98 valence electrons. The van der Waals surface area contributed by atoms with Crippen LogP contribution in [-0.2, 0) is 6.54 Å². The van der Waals surface area contributed by atoms with Gasteiger partial charge in [-0.25, -0.2) is 0 Å². The fourth-order valence-corrected chi connectivity index (χ4v) is 2.11. The van der Waals surface area contributed by atoms with Gasteiger partial charge in [-0.15, -0.1) is 0 Å². The van der Waals surface area contributed by atoms with E-state index < -0.39 is 0 Å². The molecule has 0 atom stereocenters. The smallest absolute Gasteiger partial charge is 0.256 e. The SMILES string of the molecule is NC(=S)c1cccc(CNC(=O)c2ccoc2Br)c1. The maximum absolute atomic E-state index is 11.9. The van der Waals surface area contributed by atoms with Crippen molar-refractivity contribution in [2.24, 2.45) is 5.73 Å². The Balaban J connectivity index is 2.03. The first-order valence-corrected chi connectivity index (χ1v) is 6.68. The summed E-state index contributed by atoms with van der Waals surface area (Å²) in [4.78, 5) is 12.2. The minimum atomic E-state index is -0.207. The normalized spacial score (nSPS) is 10.2. The molecule has 6 heteroatoms. The van der Waals surface area contributed by atoms with Crippen LogP contribution in [0.4, 0.5) is 0 Å². The van der Waals surface area contributed by atoms with Crippen molar-refractivity contribution < 1.29 is 9.21 Å². The van der Waals surface area contributed by atoms with Crippen LogP contribution in [0.25, 0.3) is 0 Å². The van der Waals surface area contributed by atoms with Crippen molar-refractivity contribution >= 4 is 39.0 Å². The van der Waals surface area contributed by atoms with Gasteiger partial charge in [0.1, 0.15) is 4.99 Å². The summed E-state index contributed by atoms with van der Waals surface area (Å²) >= 11 is 8.07. The molecule has 1 amide bonds. The highest BCUT2D eigenvalue weighted by molar-refractivity contribution is 9.10. The third-order valence-electron chi connectivity index (χ3n) is 2.53. The molecule has 0 bridgehead atoms. The van der Waals surface area contributed by atoms with E-state index in [9.17, 15) is 4.79 Å². The number of hydrogen-bond donors (Lipinski definition) is 2. The molecule has 0 aliphatic rings. The number of furan rings is 1. The van der Waals surface area contributed by atoms with E-state index >= 15 is 0 Å². The molecule has 1 heterocycles. The standard InChI is InChI=1S/C13H11BrN2O2S/c14-11-10(4-5-18-11)13(17)16-7-8-2-1-3-9(6-8)12(15)19/h1-6H,7H2,(H2,15,19)(H,16,17). The Hall–Kier alpha value is -1.66. The third-order valence-corrected chi connectivity index (χ3v) is 3.38. The van der Waals surface area contributed by atoms with Gasteiger partial charge in [-0.1, -0.05) is 30.4 Å². The molecule has 0 saturated heterocycles. The predicted octanol–water partition coefficient (Wildman–Crippen LogP) is 2.61. The average Bonchev–Trinajstić information content (AvgIpc) is 2.82. The minimum Gasteiger partial charge on any atom is -0.457 e. The molecule has 0 fully saturated rings. The molecule has 2 rings (SSSR count). The first-order valence-electron chi connectivity index (χ1n) is 5.48. The van der Waals surface area contributed by atoms with Crippen molar-refractivity contribution in [3.05, 3.63) is 58.0 Å². The van der Waals surface area contributed by atoms with Crippen molar-refractivity contribution in [2.75, 3.05) is 0 Å². The van der Waals surface area contributed by atoms with Gasteiger partial charge in [0.15, 0.2) is 4.67 Å². The third kappa shape index (κ3) is 3.42. The Morgan fingerprint density at radius 1 is 1.42 bits per heavy atom. The van der Waals surface area contributed by atoms with Crippen LogP contribution >= 0.6 is 28.1 Å². The van der Waals surface area contributed by atoms with Crippen molar-refractivity contribution in [3.63, 3.8) is 0 Å². The molecule has 0 unspecified atom stereocenters. The molecular formula is C13H11BrN2O2S. The predicted molar refractivity (Wildman–Crippen MR) is 79.9 cm³/mol. The lowest BCUT2D eigenvalue weighted by Crippen LogP contribution is -2.22. The second-order valence-electron chi connectivity index (χ2n) is 3.86. The molecule has 1 aromatic carbocycles. The number of halogens is 1. The van der Waals surface area contributed by atoms with E-state index in [1.807, 2.05) is 24.3 Å². The molecule has 0 aliphatic carbocycles. The van der Waals surface area contributed by atoms with E-state index in [1.54, 1.807) is 6.07 Å². The Morgan fingerprint density at radius 3 is 2.84 bits per heavy atom. The van der Waals surface area contributed by atoms with Gasteiger partial charge in [0.05, 0.1) is 11.8 Å². The number of carbonyl (C=O) groups excluding carboxylic acids is 1. The number of nitrogens with one attached hydrogen (secondary N) is 1. The Kier molecular flexibility index (Phi) is 4.34. The van der Waals surface area contributed by atoms with E-state index in [-0.39, 0.29) is 5.91 Å². The van der Waals surface area contributed by atoms with Gasteiger partial charge in [0.2, 0.25) is 0 Å². The summed E-state index contributed by atoms with van der Waals surface area (Å²) in [6.07, 6.45) is 1.45. The highest BCUT2D eigenvalue weighted by Crippen LogP contribution is 2.17. The molecule has 0 spiro atoms. The Bertz CT molecular complexity index is 625. The van der Waals surface area contributed by atoms with E-state index in [2.05, 4.69) is 21.2 Å². The number of nitrogens with two attached hydrogens (primary N) is 1. The van der Waals surface area contributed by atoms with Crippen LogP contribution in [0.5, 0.6) is 0 Å². The van der Waals surface area contributed by atoms with Crippen molar-refractivity contribution in [3.8, 4) is 0 Å². The average molecular weight is 339 g/mol. The summed E-state index contributed by atoms with van der Waals surface area (Å²) in [5.74, 6) is -0.207. The number of amides is 1. The largest absolute Gasteiger partial charge is 0.457 e. The van der Waals surface area contributed by atoms with Crippen LogP contribution in [0.15, 0.2) is 45.7 Å². The summed E-state index contributed by atoms with van der Waals surface area (Å²) in [7, 11) is 0. The molecule has 19 heavy (non-hydrogen) atoms. The molecule has 1 aromatic heterocycles. The maximum atomic E-state index is 11.9. The zero-order valence-electron chi connectivity index (χ0n) is 9.85. The van der Waals surface area contributed by atoms with Gasteiger partial charge in [-0.2, -0.15) is 0 Å². The second-order valence-corrected chi connectivity index (χ2v) is 5.02. The van der Waals surface area contributed by atoms with Crippen molar-refractivity contribution in [1.82, 2.24) is 5.32 Å². The lowest BCUT2D eigenvalue weighted by Gasteiger charge is -2.06. The van der Waals surface area contributed by atoms with E-state index in [0.717, 1.165) is 11.1 Å². The van der Waals surface area contributed by atoms with Crippen LogP contribution in [0.1, 0.15) is 21.5 Å². The fourth-order valence-electron chi connectivity index (χ4n) is 1.57. The van der Waals surface area contributed by atoms with Gasteiger partial charge < -0.3 is 15.5 Å². The van der Waals surface area contributed by atoms with Crippen LogP contribution < -0.4 is 11.1 Å². The van der Waals surface area contributed by atoms with Crippen LogP contribution in [0.2, 0.25) is 0 Å². The van der Waals surface area contributed by atoms with Gasteiger partial charge in [0, 0.05) is 12.1 Å². The first kappa shape index (κ1) is 13.8. The summed E-state index contributed by atoms with van der Waals surface area (Å²) in [5, 5.41) is 2.80. The quantitative estimate of drug-likeness (QED) is 0.841. The van der Waals surface area contributed by atoms with E-state index in [0.29, 0.717) is 21.8 Å². The molecule has 3 N–H and O–H groups in total. The van der Waals surface area contributed by atoms with E-state index in [1.165, 1.54) is 6.26 Å². The number of hydrogen-bond acceptors (Lipinski definition) is 3. The zero-order chi connectivity index (χ0) is 13.8. The minimum absolute atomic E-state index is 0.207. The number of carbonyl (C=O) groups is 1. The molecule has 4 nitrogen and oxygen atoms in total. The molecular weight excluding hydrogens is 328 g/mol. The van der Waals surface area contributed by atoms with Crippen molar-refractivity contribution in [1.29, 1.82) is 0 Å². The molecule has 0 saturated carbocycles. The molecule has 0 radical (unpaired) electrons. The monoisotopic (exact) mass is 338 g/mol. The number of thiocarbonyl (C=S) groups is 1. The number of benzene rings is 1. The first-order chi connectivity index (χ1) is 9.08. The lowest BCUT2D eigenvalue weighted by atomic mass is 10.1. The highest BCUT2D eigenvalue weighted by atomic mass is 79.9. The van der Waals surface area contributed by atoms with Gasteiger partial charge in [-0.05, 0) is 33.6 Å². The lowest BCUT2D eigenvalue weighted by molar-refractivity contribution is 0.0949. The summed E-state index contributed by atoms with van der Waals surface area (Å²) < 4.78 is 5.43. The summed E-state index contributed by atoms with van der Waals surface area (Å²) in [6, 6.07) is 9.04. The summed E-state index contributed by atoms with van der Waals surface area (Å²) in [5.41, 5.74) is 7.74. The summed E-state index contributed by atoms with van der Waals surface area (Å²) in [6.45, 7) is 0.396. The maximum Gasteiger partial charge on any atom is 0.256 e. The topological polar surface area (TPSA) is 68.3 Å². The van der Waals surface area contributed by atoms with Crippen LogP contribution in [-0.4, -0.2) is 10.9 Å². The van der Waals surface area contributed by atoms with Gasteiger partial charge in [0.25, 0.3) is 5.91 Å². The Labute approximate surface area is 124 Å². The second kappa shape index (κ2) is 5.99. The Morgan fingerprint density at radius 2 is 2.21 bits per heavy atom. The van der Waals surface area contributed by atoms with Crippen molar-refractivity contribution in [2.45, 2.75) is 6.54 Å². The van der Waals surface area contributed by atoms with Crippen LogP contribution in [0, 0.1) is 0 Å². The zero-order valence-corrected chi connectivity index (χ0v) is 12.3. The van der Waals surface area contributed by atoms with Gasteiger partial charge in [-0.3, -0.25) is 4.79 Å². The van der Waals surface area contributed by atoms with Crippen LogP contribution in [0.3, 0.4) is 0 Å². The van der Waals surface area contributed by atoms with Gasteiger partial charge >= 0.3 is 0 Å². The molecule has 2 aromatic rings.